The lowest BCUT2D eigenvalue weighted by molar-refractivity contribution is 1.06. The third kappa shape index (κ3) is 27.7. The highest BCUT2D eigenvalue weighted by molar-refractivity contribution is 5.74. The summed E-state index contributed by atoms with van der Waals surface area (Å²) in [4.78, 5) is 80.7. The van der Waals surface area contributed by atoms with Crippen LogP contribution in [0.4, 0.5) is 0 Å². The maximum atomic E-state index is 4.72. The number of aromatic nitrogens is 18. The highest BCUT2D eigenvalue weighted by atomic mass is 15.1. The average Bonchev–Trinajstić information content (AvgIpc) is 0.806. The summed E-state index contributed by atoms with van der Waals surface area (Å²) in [5, 5.41) is 0. The van der Waals surface area contributed by atoms with Crippen molar-refractivity contribution in [1.82, 2.24) is 89.7 Å². The number of nitrogens with zero attached hydrogens (tertiary/aromatic N) is 18. The van der Waals surface area contributed by atoms with Crippen molar-refractivity contribution in [1.29, 1.82) is 0 Å². The van der Waals surface area contributed by atoms with Gasteiger partial charge in [-0.15, -0.1) is 0 Å². The van der Waals surface area contributed by atoms with E-state index in [1.165, 1.54) is 33.4 Å². The third-order valence-corrected chi connectivity index (χ3v) is 22.9. The SMILES string of the molecule is Cc1ccc(-c2cc(-c3ccccc3)ncn2)cc1.Cc1ccc(-c2nc(-c3ccccc3)nc(-c3ccccc3)n2)cc1.Cc1ccc(-c2ncnc(-c3ccccc3)n2)cc1.Cc1cccc(-c2cc(-c3ccccc3)ncn2)c1.Cc1cccc(-c2nc(-c3ccccc3)nc(-c3ccccc3)n2)c1.Cc1cccc(-c2ncnc(-c3ccccc3)n2)c1.Cc1nc(-c2ccccc2)cc(-c2ccccc2)n1. The zero-order valence-electron chi connectivity index (χ0n) is 81.3. The third-order valence-electron chi connectivity index (χ3n) is 22.9. The number of benzene rings is 16. The maximum Gasteiger partial charge on any atom is 0.164 e. The van der Waals surface area contributed by atoms with Gasteiger partial charge in [-0.05, 0) is 84.9 Å². The molecule has 0 saturated carbocycles. The summed E-state index contributed by atoms with van der Waals surface area (Å²) in [5.41, 5.74) is 29.7. The van der Waals surface area contributed by atoms with Gasteiger partial charge in [-0.25, -0.2) is 89.7 Å². The summed E-state index contributed by atoms with van der Waals surface area (Å²) in [6.07, 6.45) is 6.37. The minimum absolute atomic E-state index is 0.685. The van der Waals surface area contributed by atoms with E-state index in [1.807, 2.05) is 328 Å². The number of rotatable bonds is 16. The van der Waals surface area contributed by atoms with E-state index in [2.05, 4.69) is 247 Å². The van der Waals surface area contributed by atoms with E-state index >= 15 is 0 Å². The van der Waals surface area contributed by atoms with Crippen molar-refractivity contribution in [2.24, 2.45) is 0 Å². The first-order valence-corrected chi connectivity index (χ1v) is 47.6. The Morgan fingerprint density at radius 1 is 0.110 bits per heavy atom. The molecule has 0 fully saturated rings. The topological polar surface area (TPSA) is 232 Å². The van der Waals surface area contributed by atoms with E-state index in [0.29, 0.717) is 58.2 Å². The molecule has 0 aliphatic carbocycles. The van der Waals surface area contributed by atoms with Gasteiger partial charge in [-0.1, -0.05) is 464 Å². The Morgan fingerprint density at radius 3 is 0.566 bits per heavy atom. The summed E-state index contributed by atoms with van der Waals surface area (Å²) in [7, 11) is 0. The second-order valence-corrected chi connectivity index (χ2v) is 34.0. The number of hydrogen-bond acceptors (Lipinski definition) is 18. The predicted octanol–water partition coefficient (Wildman–Crippen LogP) is 29.7. The van der Waals surface area contributed by atoms with E-state index in [9.17, 15) is 0 Å². The summed E-state index contributed by atoms with van der Waals surface area (Å²) < 4.78 is 0. The zero-order chi connectivity index (χ0) is 99.5. The number of hydrogen-bond donors (Lipinski definition) is 0. The summed E-state index contributed by atoms with van der Waals surface area (Å²) >= 11 is 0. The van der Waals surface area contributed by atoms with Crippen molar-refractivity contribution in [3.05, 3.63) is 532 Å². The van der Waals surface area contributed by atoms with E-state index in [0.717, 1.165) is 129 Å². The fourth-order valence-electron chi connectivity index (χ4n) is 15.3. The van der Waals surface area contributed by atoms with Crippen LogP contribution in [0.15, 0.2) is 492 Å². The molecule has 23 aromatic rings. The van der Waals surface area contributed by atoms with Crippen LogP contribution in [0.5, 0.6) is 0 Å². The molecule has 7 heterocycles. The lowest BCUT2D eigenvalue weighted by Gasteiger charge is -2.08. The molecule has 0 aliphatic heterocycles. The fourth-order valence-corrected chi connectivity index (χ4v) is 15.3. The standard InChI is InChI=1S/2C22H17N3.3C17H14N2.2C16H13N3/c1-16-9-8-14-19(15-16)22-24-20(17-10-4-2-5-11-17)23-21(25-22)18-12-6-3-7-13-18;1-16-12-14-19(15-13-16)22-24-20(17-8-4-2-5-9-17)23-21(25-22)18-10-6-3-7-11-18;1-13-18-16(14-8-4-2-5-9-14)12-17(19-13)15-10-6-3-7-11-15;1-13-6-5-9-15(10-13)17-11-16(18-12-19-17)14-7-3-2-4-8-14;1-13-7-9-15(10-8-13)17-11-16(18-12-19-17)14-5-3-2-4-6-14;1-12-6-5-9-14(10-12)16-18-11-17-15(19-16)13-7-3-2-4-8-13;1-12-7-9-14(10-8-12)16-18-11-17-15(19-16)13-5-3-2-4-6-13/h2*2-15H,1H3;3*2-12H,1H3;2*2-11H,1H3. The molecule has 16 aromatic carbocycles. The molecule has 0 N–H and O–H groups in total. The smallest absolute Gasteiger partial charge is 0.164 e. The normalized spacial score (nSPS) is 10.4. The van der Waals surface area contributed by atoms with Crippen molar-refractivity contribution in [2.75, 3.05) is 0 Å². The van der Waals surface area contributed by atoms with Crippen LogP contribution in [0.2, 0.25) is 0 Å². The zero-order valence-corrected chi connectivity index (χ0v) is 81.3. The summed E-state index contributed by atoms with van der Waals surface area (Å²) in [5.74, 6) is 7.72. The van der Waals surface area contributed by atoms with Crippen LogP contribution < -0.4 is 0 Å². The molecule has 0 atom stereocenters. The number of aryl methyl sites for hydroxylation is 7. The Bertz CT molecular complexity index is 7640. The maximum absolute atomic E-state index is 4.72. The van der Waals surface area contributed by atoms with Crippen molar-refractivity contribution >= 4 is 0 Å². The van der Waals surface area contributed by atoms with Crippen molar-refractivity contribution < 1.29 is 0 Å². The van der Waals surface area contributed by atoms with Gasteiger partial charge in [0.1, 0.15) is 31.1 Å². The Labute approximate surface area is 845 Å². The first kappa shape index (κ1) is 97.4. The highest BCUT2D eigenvalue weighted by Gasteiger charge is 2.17. The minimum Gasteiger partial charge on any atom is -0.236 e. The van der Waals surface area contributed by atoms with Gasteiger partial charge in [0.2, 0.25) is 0 Å². The molecular weight excluding hydrogens is 1780 g/mol. The lowest BCUT2D eigenvalue weighted by Crippen LogP contribution is -2.00. The minimum atomic E-state index is 0.685. The monoisotopic (exact) mass is 1880 g/mol. The predicted molar refractivity (Wildman–Crippen MR) is 586 cm³/mol. The van der Waals surface area contributed by atoms with E-state index in [-0.39, 0.29) is 0 Å². The first-order chi connectivity index (χ1) is 71.2. The highest BCUT2D eigenvalue weighted by Crippen LogP contribution is 2.33. The van der Waals surface area contributed by atoms with Gasteiger partial charge >= 0.3 is 0 Å². The van der Waals surface area contributed by atoms with Crippen LogP contribution >= 0.6 is 0 Å². The Kier molecular flexibility index (Phi) is 33.2. The van der Waals surface area contributed by atoms with Crippen LogP contribution in [0.3, 0.4) is 0 Å². The molecule has 0 amide bonds. The molecule has 18 nitrogen and oxygen atoms in total. The van der Waals surface area contributed by atoms with Gasteiger partial charge < -0.3 is 0 Å². The molecule has 23 rings (SSSR count). The molecule has 18 heteroatoms. The molecule has 0 bridgehead atoms. The van der Waals surface area contributed by atoms with Gasteiger partial charge in [0.25, 0.3) is 0 Å². The molecule has 0 unspecified atom stereocenters. The van der Waals surface area contributed by atoms with Gasteiger partial charge in [-0.3, -0.25) is 0 Å². The largest absolute Gasteiger partial charge is 0.236 e. The Morgan fingerprint density at radius 2 is 0.283 bits per heavy atom. The molecule has 145 heavy (non-hydrogen) atoms. The summed E-state index contributed by atoms with van der Waals surface area (Å²) in [6.45, 7) is 14.4. The van der Waals surface area contributed by atoms with E-state index in [4.69, 9.17) is 29.9 Å². The van der Waals surface area contributed by atoms with Crippen LogP contribution in [-0.4, -0.2) is 89.7 Å². The Balaban J connectivity index is 0.000000116. The van der Waals surface area contributed by atoms with E-state index < -0.39 is 0 Å². The second kappa shape index (κ2) is 49.4. The molecule has 0 saturated heterocycles. The van der Waals surface area contributed by atoms with E-state index in [1.54, 1.807) is 25.3 Å². The molecule has 700 valence electrons. The van der Waals surface area contributed by atoms with Gasteiger partial charge in [0, 0.05) is 89.0 Å². The second-order valence-electron chi connectivity index (χ2n) is 34.0. The molecule has 0 aliphatic rings. The van der Waals surface area contributed by atoms with Gasteiger partial charge in [0.15, 0.2) is 58.2 Å². The van der Waals surface area contributed by atoms with Crippen molar-refractivity contribution in [2.45, 2.75) is 48.5 Å². The average molecular weight is 1880 g/mol. The molecular formula is C127H102N18. The molecule has 0 radical (unpaired) electrons. The quantitative estimate of drug-likeness (QED) is 0.0875. The fraction of sp³-hybridized carbons (Fsp3) is 0.0551. The van der Waals surface area contributed by atoms with Crippen LogP contribution in [0.25, 0.3) is 181 Å². The van der Waals surface area contributed by atoms with Gasteiger partial charge in [0.05, 0.1) is 34.2 Å². The van der Waals surface area contributed by atoms with Crippen LogP contribution in [-0.2, 0) is 0 Å². The molecule has 0 spiro atoms. The van der Waals surface area contributed by atoms with Crippen molar-refractivity contribution in [3.8, 4) is 181 Å². The van der Waals surface area contributed by atoms with Gasteiger partial charge in [-0.2, -0.15) is 0 Å². The summed E-state index contributed by atoms with van der Waals surface area (Å²) in [6, 6.07) is 156. The molecule has 7 aromatic heterocycles. The van der Waals surface area contributed by atoms with Crippen LogP contribution in [0.1, 0.15) is 39.2 Å². The lowest BCUT2D eigenvalue weighted by atomic mass is 10.1. The van der Waals surface area contributed by atoms with Crippen molar-refractivity contribution in [3.63, 3.8) is 0 Å². The van der Waals surface area contributed by atoms with Crippen LogP contribution in [0, 0.1) is 48.5 Å². The first-order valence-electron chi connectivity index (χ1n) is 47.6. The Hall–Kier alpha value is -19.2.